The number of fused-ring (bicyclic) bond motifs is 1. The van der Waals surface area contributed by atoms with Crippen LogP contribution in [0.1, 0.15) is 12.5 Å². The van der Waals surface area contributed by atoms with E-state index in [1.807, 2.05) is 24.3 Å². The molecular formula is C20H18N2O4. The molecule has 2 amide bonds. The van der Waals surface area contributed by atoms with Gasteiger partial charge in [-0.1, -0.05) is 36.4 Å². The largest absolute Gasteiger partial charge is 0.454 e. The van der Waals surface area contributed by atoms with Crippen molar-refractivity contribution in [3.8, 4) is 11.5 Å². The van der Waals surface area contributed by atoms with Crippen molar-refractivity contribution in [2.24, 2.45) is 0 Å². The number of carbonyl (C=O) groups is 2. The summed E-state index contributed by atoms with van der Waals surface area (Å²) in [7, 11) is 0. The molecule has 1 heterocycles. The zero-order valence-corrected chi connectivity index (χ0v) is 14.2. The smallest absolute Gasteiger partial charge is 0.248 e. The number of para-hydroxylation sites is 2. The second-order valence-corrected chi connectivity index (χ2v) is 5.55. The number of nitrogens with one attached hydrogen (secondary N) is 2. The van der Waals surface area contributed by atoms with Crippen molar-refractivity contribution in [1.82, 2.24) is 0 Å². The van der Waals surface area contributed by atoms with Crippen LogP contribution in [0.5, 0.6) is 11.5 Å². The Hall–Kier alpha value is -3.54. The van der Waals surface area contributed by atoms with Gasteiger partial charge in [0.15, 0.2) is 11.5 Å². The number of ether oxygens (including phenoxy) is 2. The van der Waals surface area contributed by atoms with E-state index in [1.54, 1.807) is 36.4 Å². The number of benzene rings is 2. The molecule has 0 unspecified atom stereocenters. The maximum atomic E-state index is 12.0. The van der Waals surface area contributed by atoms with Crippen LogP contribution in [0, 0.1) is 0 Å². The molecule has 2 aromatic carbocycles. The number of allylic oxidation sites excluding steroid dienone is 2. The summed E-state index contributed by atoms with van der Waals surface area (Å²) in [6.45, 7) is 1.65. The van der Waals surface area contributed by atoms with Crippen molar-refractivity contribution in [2.75, 3.05) is 17.4 Å². The molecule has 0 fully saturated rings. The van der Waals surface area contributed by atoms with Gasteiger partial charge in [-0.25, -0.2) is 0 Å². The van der Waals surface area contributed by atoms with Crippen LogP contribution < -0.4 is 20.1 Å². The van der Waals surface area contributed by atoms with Crippen molar-refractivity contribution in [1.29, 1.82) is 0 Å². The summed E-state index contributed by atoms with van der Waals surface area (Å²) in [5, 5.41) is 5.41. The van der Waals surface area contributed by atoms with Crippen LogP contribution in [-0.4, -0.2) is 18.6 Å². The fourth-order valence-corrected chi connectivity index (χ4v) is 2.39. The van der Waals surface area contributed by atoms with E-state index in [0.29, 0.717) is 17.1 Å². The molecule has 6 nitrogen and oxygen atoms in total. The van der Waals surface area contributed by atoms with Crippen LogP contribution in [-0.2, 0) is 9.59 Å². The Morgan fingerprint density at radius 3 is 2.46 bits per heavy atom. The highest BCUT2D eigenvalue weighted by atomic mass is 16.7. The lowest BCUT2D eigenvalue weighted by atomic mass is 10.2. The van der Waals surface area contributed by atoms with Gasteiger partial charge in [0.05, 0.1) is 11.4 Å². The Morgan fingerprint density at radius 1 is 0.962 bits per heavy atom. The molecule has 0 aliphatic carbocycles. The Balaban J connectivity index is 1.59. The van der Waals surface area contributed by atoms with Crippen molar-refractivity contribution < 1.29 is 19.1 Å². The zero-order chi connectivity index (χ0) is 18.4. The molecule has 132 valence electrons. The van der Waals surface area contributed by atoms with Crippen molar-refractivity contribution in [2.45, 2.75) is 6.92 Å². The SMILES string of the molecule is CC(=O)Nc1ccccc1NC(=O)/C=C/C=C/c1ccc2c(c1)OCO2. The molecule has 3 rings (SSSR count). The van der Waals surface area contributed by atoms with E-state index < -0.39 is 0 Å². The fourth-order valence-electron chi connectivity index (χ4n) is 2.39. The number of carbonyl (C=O) groups excluding carboxylic acids is 2. The Kier molecular flexibility index (Phi) is 5.34. The van der Waals surface area contributed by atoms with Crippen LogP contribution >= 0.6 is 0 Å². The van der Waals surface area contributed by atoms with Gasteiger partial charge in [-0.3, -0.25) is 9.59 Å². The first-order valence-electron chi connectivity index (χ1n) is 8.04. The topological polar surface area (TPSA) is 76.7 Å². The first kappa shape index (κ1) is 17.3. The van der Waals surface area contributed by atoms with Crippen LogP contribution in [0.25, 0.3) is 6.08 Å². The summed E-state index contributed by atoms with van der Waals surface area (Å²) < 4.78 is 10.6. The predicted octanol–water partition coefficient (Wildman–Crippen LogP) is 3.58. The Morgan fingerprint density at radius 2 is 1.69 bits per heavy atom. The van der Waals surface area contributed by atoms with Gasteiger partial charge in [0.25, 0.3) is 0 Å². The minimum atomic E-state index is -0.293. The van der Waals surface area contributed by atoms with Gasteiger partial charge >= 0.3 is 0 Å². The Bertz CT molecular complexity index is 887. The van der Waals surface area contributed by atoms with Crippen molar-refractivity contribution >= 4 is 29.3 Å². The molecule has 2 N–H and O–H groups in total. The number of rotatable bonds is 5. The lowest BCUT2D eigenvalue weighted by molar-refractivity contribution is -0.114. The van der Waals surface area contributed by atoms with Crippen LogP contribution in [0.2, 0.25) is 0 Å². The molecule has 26 heavy (non-hydrogen) atoms. The van der Waals surface area contributed by atoms with E-state index in [-0.39, 0.29) is 18.6 Å². The molecule has 1 aliphatic rings. The third-order valence-electron chi connectivity index (χ3n) is 3.54. The van der Waals surface area contributed by atoms with Gasteiger partial charge in [0, 0.05) is 13.0 Å². The molecule has 1 aliphatic heterocycles. The minimum Gasteiger partial charge on any atom is -0.454 e. The molecule has 0 saturated carbocycles. The second-order valence-electron chi connectivity index (χ2n) is 5.55. The second kappa shape index (κ2) is 8.02. The highest BCUT2D eigenvalue weighted by Gasteiger charge is 2.12. The molecule has 0 aromatic heterocycles. The van der Waals surface area contributed by atoms with Crippen molar-refractivity contribution in [3.63, 3.8) is 0 Å². The standard InChI is InChI=1S/C20H18N2O4/c1-14(23)21-16-7-3-4-8-17(16)22-20(24)9-5-2-6-15-10-11-18-19(12-15)26-13-25-18/h2-12H,13H2,1H3,(H,21,23)(H,22,24)/b6-2+,9-5+. The quantitative estimate of drug-likeness (QED) is 0.638. The molecule has 0 spiro atoms. The first-order valence-corrected chi connectivity index (χ1v) is 8.04. The molecule has 0 saturated heterocycles. The van der Waals surface area contributed by atoms with E-state index in [4.69, 9.17) is 9.47 Å². The number of anilines is 2. The third kappa shape index (κ3) is 4.51. The highest BCUT2D eigenvalue weighted by Crippen LogP contribution is 2.32. The summed E-state index contributed by atoms with van der Waals surface area (Å²) in [4.78, 5) is 23.2. The molecule has 2 aromatic rings. The van der Waals surface area contributed by atoms with E-state index in [9.17, 15) is 9.59 Å². The van der Waals surface area contributed by atoms with E-state index in [2.05, 4.69) is 10.6 Å². The normalized spacial score (nSPS) is 12.5. The highest BCUT2D eigenvalue weighted by molar-refractivity contribution is 6.03. The lowest BCUT2D eigenvalue weighted by Crippen LogP contribution is -2.12. The first-order chi connectivity index (χ1) is 12.6. The van der Waals surface area contributed by atoms with Gasteiger partial charge in [-0.05, 0) is 29.8 Å². The van der Waals surface area contributed by atoms with Crippen LogP contribution in [0.4, 0.5) is 11.4 Å². The lowest BCUT2D eigenvalue weighted by Gasteiger charge is -2.09. The third-order valence-corrected chi connectivity index (χ3v) is 3.54. The van der Waals surface area contributed by atoms with Gasteiger partial charge < -0.3 is 20.1 Å². The Labute approximate surface area is 151 Å². The van der Waals surface area contributed by atoms with E-state index in [0.717, 1.165) is 11.3 Å². The average Bonchev–Trinajstić information content (AvgIpc) is 3.08. The monoisotopic (exact) mass is 350 g/mol. The van der Waals surface area contributed by atoms with Gasteiger partial charge in [0.2, 0.25) is 18.6 Å². The summed E-state index contributed by atoms with van der Waals surface area (Å²) in [5.74, 6) is 0.949. The summed E-state index contributed by atoms with van der Waals surface area (Å²) in [6.07, 6.45) is 6.67. The number of amides is 2. The molecule has 6 heteroatoms. The molecule has 0 bridgehead atoms. The molecule has 0 radical (unpaired) electrons. The average molecular weight is 350 g/mol. The van der Waals surface area contributed by atoms with Gasteiger partial charge in [-0.2, -0.15) is 0 Å². The summed E-state index contributed by atoms with van der Waals surface area (Å²) in [5.41, 5.74) is 2.03. The number of hydrogen-bond acceptors (Lipinski definition) is 4. The molecular weight excluding hydrogens is 332 g/mol. The zero-order valence-electron chi connectivity index (χ0n) is 14.2. The maximum absolute atomic E-state index is 12.0. The number of hydrogen-bond donors (Lipinski definition) is 2. The fraction of sp³-hybridized carbons (Fsp3) is 0.100. The minimum absolute atomic E-state index is 0.200. The predicted molar refractivity (Wildman–Crippen MR) is 100 cm³/mol. The summed E-state index contributed by atoms with van der Waals surface area (Å²) in [6, 6.07) is 12.6. The maximum Gasteiger partial charge on any atom is 0.248 e. The van der Waals surface area contributed by atoms with E-state index in [1.165, 1.54) is 13.0 Å². The van der Waals surface area contributed by atoms with Crippen molar-refractivity contribution in [3.05, 3.63) is 66.3 Å². The van der Waals surface area contributed by atoms with Crippen LogP contribution in [0.3, 0.4) is 0 Å². The molecule has 0 atom stereocenters. The van der Waals surface area contributed by atoms with Crippen LogP contribution in [0.15, 0.2) is 60.7 Å². The summed E-state index contributed by atoms with van der Waals surface area (Å²) >= 11 is 0. The van der Waals surface area contributed by atoms with E-state index >= 15 is 0 Å². The van der Waals surface area contributed by atoms with Gasteiger partial charge in [0.1, 0.15) is 0 Å². The van der Waals surface area contributed by atoms with Gasteiger partial charge in [-0.15, -0.1) is 0 Å².